The van der Waals surface area contributed by atoms with E-state index in [9.17, 15) is 4.79 Å². The first kappa shape index (κ1) is 21.2. The minimum atomic E-state index is 0.212. The van der Waals surface area contributed by atoms with Crippen LogP contribution in [-0.2, 0) is 11.2 Å². The number of hydrogen-bond acceptors (Lipinski definition) is 5. The summed E-state index contributed by atoms with van der Waals surface area (Å²) in [5.74, 6) is 2.03. The highest BCUT2D eigenvalue weighted by Crippen LogP contribution is 2.30. The third-order valence-electron chi connectivity index (χ3n) is 5.75. The summed E-state index contributed by atoms with van der Waals surface area (Å²) in [4.78, 5) is 28.2. The van der Waals surface area contributed by atoms with E-state index in [1.807, 2.05) is 54.4 Å². The molecule has 0 unspecified atom stereocenters. The maximum atomic E-state index is 12.7. The van der Waals surface area contributed by atoms with Gasteiger partial charge in [-0.2, -0.15) is 0 Å². The number of anilines is 1. The van der Waals surface area contributed by atoms with Gasteiger partial charge in [-0.05, 0) is 49.1 Å². The molecule has 0 radical (unpaired) electrons. The van der Waals surface area contributed by atoms with Gasteiger partial charge in [-0.1, -0.05) is 23.7 Å². The molecule has 1 aliphatic heterocycles. The minimum Gasteiger partial charge on any atom is -0.373 e. The van der Waals surface area contributed by atoms with Crippen molar-refractivity contribution in [1.29, 1.82) is 0 Å². The van der Waals surface area contributed by atoms with Crippen LogP contribution in [0.1, 0.15) is 36.4 Å². The van der Waals surface area contributed by atoms with E-state index in [-0.39, 0.29) is 5.91 Å². The fourth-order valence-corrected chi connectivity index (χ4v) is 4.04. The molecular weight excluding hydrogens is 410 g/mol. The van der Waals surface area contributed by atoms with Crippen molar-refractivity contribution in [2.75, 3.05) is 25.5 Å². The summed E-state index contributed by atoms with van der Waals surface area (Å²) in [6.07, 6.45) is 6.57. The average molecular weight is 436 g/mol. The van der Waals surface area contributed by atoms with Crippen LogP contribution in [0.2, 0.25) is 5.02 Å². The Morgan fingerprint density at radius 3 is 2.48 bits per heavy atom. The van der Waals surface area contributed by atoms with Gasteiger partial charge in [0.1, 0.15) is 5.82 Å². The van der Waals surface area contributed by atoms with Crippen molar-refractivity contribution in [3.63, 3.8) is 0 Å². The van der Waals surface area contributed by atoms with Crippen LogP contribution < -0.4 is 5.32 Å². The number of hydrogen-bond donors (Lipinski definition) is 1. The summed E-state index contributed by atoms with van der Waals surface area (Å²) in [5, 5.41) is 3.86. The van der Waals surface area contributed by atoms with Crippen LogP contribution in [-0.4, -0.2) is 45.9 Å². The lowest BCUT2D eigenvalue weighted by Crippen LogP contribution is -2.38. The first-order chi connectivity index (χ1) is 15.1. The molecule has 160 valence electrons. The molecule has 1 aromatic carbocycles. The zero-order valence-electron chi connectivity index (χ0n) is 17.6. The highest BCUT2D eigenvalue weighted by molar-refractivity contribution is 6.30. The Balaban J connectivity index is 1.38. The van der Waals surface area contributed by atoms with Gasteiger partial charge in [0.2, 0.25) is 5.91 Å². The van der Waals surface area contributed by atoms with Crippen molar-refractivity contribution in [2.24, 2.45) is 0 Å². The lowest BCUT2D eigenvalue weighted by molar-refractivity contribution is -0.132. The van der Waals surface area contributed by atoms with Gasteiger partial charge in [0.05, 0.1) is 0 Å². The molecule has 0 aliphatic carbocycles. The zero-order valence-corrected chi connectivity index (χ0v) is 18.3. The number of nitrogens with zero attached hydrogens (tertiary/aromatic N) is 4. The monoisotopic (exact) mass is 435 g/mol. The van der Waals surface area contributed by atoms with Crippen molar-refractivity contribution >= 4 is 23.3 Å². The number of aromatic nitrogens is 3. The molecule has 1 amide bonds. The van der Waals surface area contributed by atoms with Gasteiger partial charge < -0.3 is 10.2 Å². The van der Waals surface area contributed by atoms with Crippen LogP contribution in [0.4, 0.5) is 5.82 Å². The van der Waals surface area contributed by atoms with Crippen LogP contribution in [0.3, 0.4) is 0 Å². The smallest absolute Gasteiger partial charge is 0.222 e. The van der Waals surface area contributed by atoms with Crippen LogP contribution in [0.25, 0.3) is 11.4 Å². The fraction of sp³-hybridized carbons (Fsp3) is 0.333. The SMILES string of the molecule is CNc1cc(C2CCN(C(=O)CCc3ccc(Cl)cc3)CC2)nc(-c2ccncc2)n1. The molecule has 1 fully saturated rings. The van der Waals surface area contributed by atoms with Gasteiger partial charge in [-0.25, -0.2) is 9.97 Å². The van der Waals surface area contributed by atoms with E-state index in [1.165, 1.54) is 0 Å². The normalized spacial score (nSPS) is 14.5. The van der Waals surface area contributed by atoms with Crippen molar-refractivity contribution in [3.05, 3.63) is 71.1 Å². The average Bonchev–Trinajstić information content (AvgIpc) is 2.84. The number of piperidine rings is 1. The predicted octanol–water partition coefficient (Wildman–Crippen LogP) is 4.57. The number of amides is 1. The van der Waals surface area contributed by atoms with Crippen LogP contribution >= 0.6 is 11.6 Å². The van der Waals surface area contributed by atoms with E-state index in [2.05, 4.69) is 15.3 Å². The standard InChI is InChI=1S/C24H26ClN5O/c1-26-22-16-21(28-24(29-22)19-8-12-27-13-9-19)18-10-14-30(15-11-18)23(31)7-4-17-2-5-20(25)6-3-17/h2-3,5-6,8-9,12-13,16,18H,4,7,10-11,14-15H2,1H3,(H,26,28,29). The molecule has 3 aromatic rings. The minimum absolute atomic E-state index is 0.212. The first-order valence-electron chi connectivity index (χ1n) is 10.6. The van der Waals surface area contributed by atoms with Gasteiger partial charge in [0.25, 0.3) is 0 Å². The van der Waals surface area contributed by atoms with Gasteiger partial charge in [0.15, 0.2) is 5.82 Å². The summed E-state index contributed by atoms with van der Waals surface area (Å²) < 4.78 is 0. The molecule has 3 heterocycles. The maximum absolute atomic E-state index is 12.7. The molecule has 6 nitrogen and oxygen atoms in total. The number of pyridine rings is 1. The molecule has 1 aliphatic rings. The molecule has 0 atom stereocenters. The highest BCUT2D eigenvalue weighted by Gasteiger charge is 2.25. The molecule has 4 rings (SSSR count). The highest BCUT2D eigenvalue weighted by atomic mass is 35.5. The molecule has 1 N–H and O–H groups in total. The number of aryl methyl sites for hydroxylation is 1. The molecule has 0 bridgehead atoms. The summed E-state index contributed by atoms with van der Waals surface area (Å²) in [7, 11) is 1.87. The quantitative estimate of drug-likeness (QED) is 0.614. The number of likely N-dealkylation sites (tertiary alicyclic amines) is 1. The molecule has 31 heavy (non-hydrogen) atoms. The second-order valence-electron chi connectivity index (χ2n) is 7.77. The topological polar surface area (TPSA) is 71.0 Å². The Morgan fingerprint density at radius 2 is 1.81 bits per heavy atom. The zero-order chi connectivity index (χ0) is 21.6. The van der Waals surface area contributed by atoms with E-state index in [4.69, 9.17) is 16.6 Å². The Morgan fingerprint density at radius 1 is 1.10 bits per heavy atom. The van der Waals surface area contributed by atoms with Gasteiger partial charge >= 0.3 is 0 Å². The predicted molar refractivity (Wildman–Crippen MR) is 123 cm³/mol. The maximum Gasteiger partial charge on any atom is 0.222 e. The molecule has 2 aromatic heterocycles. The lowest BCUT2D eigenvalue weighted by atomic mass is 9.92. The van der Waals surface area contributed by atoms with Gasteiger partial charge in [0, 0.05) is 67.2 Å². The third kappa shape index (κ3) is 5.39. The van der Waals surface area contributed by atoms with E-state index in [1.54, 1.807) is 12.4 Å². The van der Waals surface area contributed by atoms with Crippen LogP contribution in [0.15, 0.2) is 54.9 Å². The largest absolute Gasteiger partial charge is 0.373 e. The fourth-order valence-electron chi connectivity index (χ4n) is 3.92. The number of carbonyl (C=O) groups excluding carboxylic acids is 1. The molecule has 7 heteroatoms. The Labute approximate surface area is 187 Å². The summed E-state index contributed by atoms with van der Waals surface area (Å²) >= 11 is 5.93. The van der Waals surface area contributed by atoms with Gasteiger partial charge in [-0.15, -0.1) is 0 Å². The number of benzene rings is 1. The van der Waals surface area contributed by atoms with Crippen molar-refractivity contribution in [2.45, 2.75) is 31.6 Å². The molecule has 1 saturated heterocycles. The van der Waals surface area contributed by atoms with Gasteiger partial charge in [-0.3, -0.25) is 9.78 Å². The van der Waals surface area contributed by atoms with E-state index in [0.717, 1.165) is 60.0 Å². The van der Waals surface area contributed by atoms with E-state index < -0.39 is 0 Å². The van der Waals surface area contributed by atoms with Crippen molar-refractivity contribution in [3.8, 4) is 11.4 Å². The molecule has 0 spiro atoms. The summed E-state index contributed by atoms with van der Waals surface area (Å²) in [6.45, 7) is 1.52. The van der Waals surface area contributed by atoms with E-state index >= 15 is 0 Å². The number of rotatable bonds is 6. The molecular formula is C24H26ClN5O. The summed E-state index contributed by atoms with van der Waals surface area (Å²) in [6, 6.07) is 13.6. The first-order valence-corrected chi connectivity index (χ1v) is 11.0. The lowest BCUT2D eigenvalue weighted by Gasteiger charge is -2.32. The Bertz CT molecular complexity index is 1020. The van der Waals surface area contributed by atoms with Crippen molar-refractivity contribution < 1.29 is 4.79 Å². The van der Waals surface area contributed by atoms with E-state index in [0.29, 0.717) is 18.2 Å². The Kier molecular flexibility index (Phi) is 6.77. The van der Waals surface area contributed by atoms with Crippen molar-refractivity contribution in [1.82, 2.24) is 19.9 Å². The number of halogens is 1. The summed E-state index contributed by atoms with van der Waals surface area (Å²) in [5.41, 5.74) is 3.11. The number of nitrogens with one attached hydrogen (secondary N) is 1. The second kappa shape index (κ2) is 9.88. The van der Waals surface area contributed by atoms with Crippen LogP contribution in [0.5, 0.6) is 0 Å². The number of carbonyl (C=O) groups is 1. The third-order valence-corrected chi connectivity index (χ3v) is 6.00. The Hall–Kier alpha value is -2.99. The molecule has 0 saturated carbocycles. The van der Waals surface area contributed by atoms with Crippen LogP contribution in [0, 0.1) is 0 Å². The second-order valence-corrected chi connectivity index (χ2v) is 8.21.